The number of rotatable bonds is 18. The number of methoxy groups -OCH3 is 1. The highest BCUT2D eigenvalue weighted by Gasteiger charge is 2.52. The molecule has 7 aromatic carbocycles. The highest BCUT2D eigenvalue weighted by molar-refractivity contribution is 6.33. The normalized spacial score (nSPS) is 26.4. The van der Waals surface area contributed by atoms with Gasteiger partial charge in [0.25, 0.3) is 0 Å². The van der Waals surface area contributed by atoms with Crippen LogP contribution in [0.3, 0.4) is 0 Å². The molecule has 17 bridgehead atoms. The lowest BCUT2D eigenvalue weighted by Crippen LogP contribution is -2.66. The number of esters is 1. The minimum Gasteiger partial charge on any atom is -0.508 e. The lowest BCUT2D eigenvalue weighted by molar-refractivity contribution is -0.277. The molecule has 0 spiro atoms. The van der Waals surface area contributed by atoms with E-state index in [4.69, 9.17) is 61.1 Å². The van der Waals surface area contributed by atoms with Crippen LogP contribution in [0, 0.1) is 5.92 Å². The lowest BCUT2D eigenvalue weighted by Gasteiger charge is -2.41. The van der Waals surface area contributed by atoms with Crippen LogP contribution < -0.4 is 66.2 Å². The number of halogens is 2. The lowest BCUT2D eigenvalue weighted by atomic mass is 9.89. The van der Waals surface area contributed by atoms with Crippen LogP contribution >= 0.6 is 23.2 Å². The number of likely N-dealkylation sites (N-methyl/N-ethyl adjacent to an activating group) is 1. The molecule has 18 atom stereocenters. The number of fused-ring (bicyclic) bond motifs is 14. The van der Waals surface area contributed by atoms with E-state index < -0.39 is 271 Å². The first-order chi connectivity index (χ1) is 58.7. The van der Waals surface area contributed by atoms with Gasteiger partial charge in [-0.05, 0) is 120 Å². The Morgan fingerprint density at radius 2 is 1.20 bits per heavy atom. The summed E-state index contributed by atoms with van der Waals surface area (Å²) in [5, 5.41) is 157. The third-order valence-corrected chi connectivity index (χ3v) is 22.5. The van der Waals surface area contributed by atoms with Gasteiger partial charge in [-0.2, -0.15) is 0 Å². The van der Waals surface area contributed by atoms with E-state index in [1.165, 1.54) is 49.5 Å². The predicted molar refractivity (Wildman–Crippen MR) is 428 cm³/mol. The number of hydrogen-bond donors (Lipinski definition) is 20. The van der Waals surface area contributed by atoms with Gasteiger partial charge in [-0.1, -0.05) is 106 Å². The third-order valence-electron chi connectivity index (χ3n) is 21.8. The number of aliphatic hydroxyl groups excluding tert-OH is 7. The zero-order valence-electron chi connectivity index (χ0n) is 66.1. The Hall–Kier alpha value is -11.9. The quantitative estimate of drug-likeness (QED) is 0.0421. The van der Waals surface area contributed by atoms with Crippen molar-refractivity contribution >= 4 is 76.5 Å². The fraction of sp³-hybridized carbons (Fsp3) is 0.393. The molecular weight excluding hydrogens is 1660 g/mol. The number of aliphatic carboxylic acids is 1. The Kier molecular flexibility index (Phi) is 27.4. The monoisotopic (exact) mass is 1740 g/mol. The van der Waals surface area contributed by atoms with E-state index in [2.05, 4.69) is 56.4 Å². The molecule has 8 aliphatic rings. The molecule has 7 aromatic rings. The summed E-state index contributed by atoms with van der Waals surface area (Å²) in [5.74, 6) is -18.0. The largest absolute Gasteiger partial charge is 0.508 e. The van der Waals surface area contributed by atoms with Crippen molar-refractivity contribution < 1.29 is 142 Å². The Labute approximate surface area is 710 Å². The summed E-state index contributed by atoms with van der Waals surface area (Å²) in [7, 11) is 2.31. The van der Waals surface area contributed by atoms with Crippen LogP contribution in [0.4, 0.5) is 0 Å². The summed E-state index contributed by atoms with van der Waals surface area (Å²) < 4.78 is 49.3. The average molecular weight is 1750 g/mol. The maximum absolute atomic E-state index is 16.7. The summed E-state index contributed by atoms with van der Waals surface area (Å²) in [5.41, 5.74) is -2.89. The van der Waals surface area contributed by atoms with Gasteiger partial charge >= 0.3 is 11.9 Å². The van der Waals surface area contributed by atoms with Crippen molar-refractivity contribution in [3.05, 3.63) is 164 Å². The summed E-state index contributed by atoms with van der Waals surface area (Å²) in [6, 6.07) is 5.21. The number of nitrogens with one attached hydrogen (secondary N) is 8. The zero-order valence-corrected chi connectivity index (χ0v) is 67.6. The molecule has 123 heavy (non-hydrogen) atoms. The van der Waals surface area contributed by atoms with E-state index in [1.54, 1.807) is 0 Å². The fourth-order valence-electron chi connectivity index (χ4n) is 15.3. The number of phenolic OH excluding ortho intramolecular Hbond substituents is 4. The molecule has 0 aliphatic carbocycles. The predicted octanol–water partition coefficient (Wildman–Crippen LogP) is 4.27. The molecule has 39 heteroatoms. The van der Waals surface area contributed by atoms with E-state index in [1.807, 2.05) is 0 Å². The molecule has 20 N–H and O–H groups in total. The van der Waals surface area contributed by atoms with Crippen LogP contribution in [0.15, 0.2) is 115 Å². The van der Waals surface area contributed by atoms with Crippen molar-refractivity contribution in [2.75, 3.05) is 20.8 Å². The van der Waals surface area contributed by atoms with Crippen LogP contribution in [0.25, 0.3) is 11.1 Å². The van der Waals surface area contributed by atoms with Crippen LogP contribution in [0.1, 0.15) is 140 Å². The minimum atomic E-state index is -2.45. The zero-order chi connectivity index (χ0) is 88.3. The number of carboxylic acid groups (broad SMARTS) is 1. The molecule has 654 valence electrons. The van der Waals surface area contributed by atoms with E-state index in [-0.39, 0.29) is 34.8 Å². The van der Waals surface area contributed by atoms with Gasteiger partial charge in [-0.25, -0.2) is 9.59 Å². The van der Waals surface area contributed by atoms with Crippen LogP contribution in [0.2, 0.25) is 10.0 Å². The van der Waals surface area contributed by atoms with E-state index in [0.29, 0.717) is 24.3 Å². The molecule has 7 amide bonds. The molecule has 8 aliphatic heterocycles. The number of phenols is 4. The van der Waals surface area contributed by atoms with Crippen molar-refractivity contribution in [2.24, 2.45) is 5.92 Å². The smallest absolute Gasteiger partial charge is 0.335 e. The maximum Gasteiger partial charge on any atom is 0.335 e. The molecule has 0 unspecified atom stereocenters. The number of amides is 7. The first-order valence-electron chi connectivity index (χ1n) is 39.3. The number of aliphatic hydroxyl groups is 7. The van der Waals surface area contributed by atoms with E-state index in [0.717, 1.165) is 112 Å². The first-order valence-corrected chi connectivity index (χ1v) is 40.1. The molecule has 37 nitrogen and oxygen atoms in total. The standard InChI is InChI=1S/C84H90Cl2N8O29/c1-34(2)11-9-7-5-6-8-10-12-57(100)89-66-69(103)71(105)74(81(113)114)123-83(66)122-73-54-27-39-28-55(73)119-51-22-17-38(25-46(51)85)67(101)65-80(112)93-64(82(115)116-4)44-29-40(96)30-53(120-84-72(106)70(104)68(102)56(33-95)121-84)58(44)43-24-36(15-20-48(43)97)61(77(109)94-65)90-78(110)62(39)91-79(111)63-45-31-42(32-50(99)59(45)86)118-52-26-37(16-21-49(52)98)60(87-3)76(108)88-47(75(107)92-63)23-35-13-18-41(117-54)19-14-35/h13-22,24-32,34,47,56,60-72,74,83-84,87,95-99,101-106H,5-12,23,33H2,1-4H3,(H,88,108)(H,89,100)(H,90,110)(H,91,111)(H,92,107)(H,93,112)(H,94,109)(H,113,114)/t47-,56-,60-,61-,62-,63+,64+,65+,66-,67-,68-,69-,70+,71+,72+,74+,83-,84+/m1/s1. The Bertz CT molecular complexity index is 5220. The second kappa shape index (κ2) is 37.9. The van der Waals surface area contributed by atoms with Gasteiger partial charge in [-0.3, -0.25) is 33.6 Å². The highest BCUT2D eigenvalue weighted by Crippen LogP contribution is 2.51. The van der Waals surface area contributed by atoms with Gasteiger partial charge in [0.05, 0.1) is 23.8 Å². The van der Waals surface area contributed by atoms with Crippen LogP contribution in [0.5, 0.6) is 69.0 Å². The van der Waals surface area contributed by atoms with Gasteiger partial charge in [0, 0.05) is 47.2 Å². The molecule has 0 aromatic heterocycles. The number of carboxylic acids is 1. The Balaban J connectivity index is 1.04. The second-order valence-electron chi connectivity index (χ2n) is 30.8. The molecule has 0 saturated carbocycles. The molecular formula is C84H90Cl2N8O29. The Morgan fingerprint density at radius 3 is 1.89 bits per heavy atom. The number of benzene rings is 7. The number of ether oxygens (including phenoxy) is 8. The van der Waals surface area contributed by atoms with Gasteiger partial charge < -0.3 is 142 Å². The van der Waals surface area contributed by atoms with Crippen molar-refractivity contribution in [1.82, 2.24) is 42.5 Å². The minimum absolute atomic E-state index is 0.145. The van der Waals surface area contributed by atoms with Crippen LogP contribution in [-0.2, 0) is 63.8 Å². The summed E-state index contributed by atoms with van der Waals surface area (Å²) in [6.07, 6.45) is -16.1. The summed E-state index contributed by atoms with van der Waals surface area (Å²) in [4.78, 5) is 137. The number of unbranched alkanes of at least 4 members (excludes halogenated alkanes) is 5. The van der Waals surface area contributed by atoms with Crippen molar-refractivity contribution in [3.8, 4) is 80.1 Å². The maximum atomic E-state index is 16.7. The van der Waals surface area contributed by atoms with Gasteiger partial charge in [0.1, 0.15) is 125 Å². The second-order valence-corrected chi connectivity index (χ2v) is 31.6. The van der Waals surface area contributed by atoms with Gasteiger partial charge in [0.15, 0.2) is 35.1 Å². The van der Waals surface area contributed by atoms with Crippen LogP contribution in [-0.4, -0.2) is 209 Å². The number of aromatic hydroxyl groups is 4. The molecule has 2 saturated heterocycles. The third kappa shape index (κ3) is 19.3. The molecule has 0 radical (unpaired) electrons. The van der Waals surface area contributed by atoms with E-state index in [9.17, 15) is 80.5 Å². The number of carbonyl (C=O) groups excluding carboxylic acids is 8. The number of hydrogen-bond acceptors (Lipinski definition) is 29. The average Bonchev–Trinajstić information content (AvgIpc) is 0.756. The van der Waals surface area contributed by atoms with E-state index >= 15 is 24.0 Å². The summed E-state index contributed by atoms with van der Waals surface area (Å²) >= 11 is 14.2. The highest BCUT2D eigenvalue weighted by atomic mass is 35.5. The van der Waals surface area contributed by atoms with Crippen molar-refractivity contribution in [1.29, 1.82) is 0 Å². The molecule has 8 heterocycles. The first kappa shape index (κ1) is 88.9. The van der Waals surface area contributed by atoms with Crippen molar-refractivity contribution in [3.63, 3.8) is 0 Å². The topological polar surface area (TPSA) is 566 Å². The fourth-order valence-corrected chi connectivity index (χ4v) is 15.7. The molecule has 15 rings (SSSR count). The SMILES string of the molecule is CN[C@H]1C(=O)N[C@@H]2Cc3ccc(cc3)Oc3cc4cc(c3O[C@@H]3O[C@H](C(=O)O)[C@@H](O)[C@H](O)[C@H]3NC(=O)CCCCCCCCC(C)C)Oc3ccc(cc3Cl)[C@@H](O)[C@@H]3NC(=O)[C@H](NC(=O)[C@@H]4NC(=O)[C@@H](NC2=O)c2cc(cc(O)c2Cl)Oc2cc1ccc2O)c1ccc(O)c(c1)-c1c(O[C@H]2O[C@H](CO)[C@@H](O)[C@H](O)[C@@H]2O)cc(O)cc1[C@@H](C(=O)OC)NC3=O. The van der Waals surface area contributed by atoms with Gasteiger partial charge in [0.2, 0.25) is 59.7 Å². The summed E-state index contributed by atoms with van der Waals surface area (Å²) in [6.45, 7) is 3.29. The van der Waals surface area contributed by atoms with Crippen molar-refractivity contribution in [2.45, 2.75) is 181 Å². The molecule has 2 fully saturated rings. The van der Waals surface area contributed by atoms with Gasteiger partial charge in [-0.15, -0.1) is 0 Å². The number of carbonyl (C=O) groups is 9. The Morgan fingerprint density at radius 1 is 0.553 bits per heavy atom.